The highest BCUT2D eigenvalue weighted by Gasteiger charge is 2.18. The Kier molecular flexibility index (Phi) is 3.43. The van der Waals surface area contributed by atoms with Crippen LogP contribution in [-0.2, 0) is 6.42 Å². The first kappa shape index (κ1) is 11.4. The molecule has 0 radical (unpaired) electrons. The third kappa shape index (κ3) is 2.04. The molecule has 3 N–H and O–H groups in total. The Morgan fingerprint density at radius 3 is 2.81 bits per heavy atom. The van der Waals surface area contributed by atoms with Crippen LogP contribution >= 0.6 is 11.3 Å². The predicted octanol–water partition coefficient (Wildman–Crippen LogP) is 2.76. The summed E-state index contributed by atoms with van der Waals surface area (Å²) in [5.41, 5.74) is 3.99. The summed E-state index contributed by atoms with van der Waals surface area (Å²) in [6.07, 6.45) is 2.60. The normalized spacial score (nSPS) is 12.9. The van der Waals surface area contributed by atoms with E-state index in [0.717, 1.165) is 17.7 Å². The zero-order chi connectivity index (χ0) is 11.5. The number of hydrazine groups is 1. The van der Waals surface area contributed by atoms with Crippen LogP contribution in [0.5, 0.6) is 0 Å². The van der Waals surface area contributed by atoms with Gasteiger partial charge in [0.1, 0.15) is 5.76 Å². The average Bonchev–Trinajstić information content (AvgIpc) is 2.89. The standard InChI is InChI=1S/C12H16N2OS/c1-3-10-9(6-7-15-10)12(14-13)11-5-4-8(2)16-11/h4-7,12,14H,3,13H2,1-2H3. The molecule has 0 aromatic carbocycles. The fourth-order valence-corrected chi connectivity index (χ4v) is 2.79. The van der Waals surface area contributed by atoms with E-state index in [1.165, 1.54) is 9.75 Å². The fourth-order valence-electron chi connectivity index (χ4n) is 1.83. The van der Waals surface area contributed by atoms with E-state index in [9.17, 15) is 0 Å². The fraction of sp³-hybridized carbons (Fsp3) is 0.333. The van der Waals surface area contributed by atoms with Crippen molar-refractivity contribution in [3.8, 4) is 0 Å². The van der Waals surface area contributed by atoms with Crippen LogP contribution in [-0.4, -0.2) is 0 Å². The first-order valence-electron chi connectivity index (χ1n) is 5.35. The molecule has 4 heteroatoms. The predicted molar refractivity (Wildman–Crippen MR) is 66.3 cm³/mol. The number of thiophene rings is 1. The average molecular weight is 236 g/mol. The highest BCUT2D eigenvalue weighted by molar-refractivity contribution is 7.12. The molecule has 2 aromatic rings. The SMILES string of the molecule is CCc1occc1C(NN)c1ccc(C)s1. The van der Waals surface area contributed by atoms with E-state index in [0.29, 0.717) is 0 Å². The first-order valence-corrected chi connectivity index (χ1v) is 6.16. The van der Waals surface area contributed by atoms with Crippen molar-refractivity contribution in [1.82, 2.24) is 5.43 Å². The summed E-state index contributed by atoms with van der Waals surface area (Å²) in [4.78, 5) is 2.51. The minimum Gasteiger partial charge on any atom is -0.469 e. The molecule has 2 aromatic heterocycles. The third-order valence-electron chi connectivity index (χ3n) is 2.62. The van der Waals surface area contributed by atoms with Gasteiger partial charge in [-0.2, -0.15) is 0 Å². The Hall–Kier alpha value is -1.10. The summed E-state index contributed by atoms with van der Waals surface area (Å²) in [6, 6.07) is 6.23. The third-order valence-corrected chi connectivity index (χ3v) is 3.69. The quantitative estimate of drug-likeness (QED) is 0.634. The number of furan rings is 1. The van der Waals surface area contributed by atoms with Crippen molar-refractivity contribution in [3.63, 3.8) is 0 Å². The minimum atomic E-state index is 0.0346. The van der Waals surface area contributed by atoms with Crippen molar-refractivity contribution >= 4 is 11.3 Å². The Bertz CT molecular complexity index is 461. The van der Waals surface area contributed by atoms with Gasteiger partial charge < -0.3 is 4.42 Å². The van der Waals surface area contributed by atoms with Crippen LogP contribution < -0.4 is 11.3 Å². The van der Waals surface area contributed by atoms with Crippen LogP contribution in [0.1, 0.15) is 34.0 Å². The summed E-state index contributed by atoms with van der Waals surface area (Å²) < 4.78 is 5.43. The number of nitrogens with two attached hydrogens (primary N) is 1. The molecule has 0 aliphatic heterocycles. The maximum atomic E-state index is 5.64. The molecule has 0 aliphatic carbocycles. The van der Waals surface area contributed by atoms with Crippen molar-refractivity contribution in [1.29, 1.82) is 0 Å². The Balaban J connectivity index is 2.36. The minimum absolute atomic E-state index is 0.0346. The summed E-state index contributed by atoms with van der Waals surface area (Å²) in [5.74, 6) is 6.64. The molecule has 0 spiro atoms. The molecule has 0 bridgehead atoms. The van der Waals surface area contributed by atoms with Gasteiger partial charge in [0, 0.05) is 21.7 Å². The van der Waals surface area contributed by atoms with Crippen LogP contribution in [0.25, 0.3) is 0 Å². The van der Waals surface area contributed by atoms with Crippen molar-refractivity contribution in [2.75, 3.05) is 0 Å². The van der Waals surface area contributed by atoms with Crippen molar-refractivity contribution in [2.24, 2.45) is 5.84 Å². The maximum absolute atomic E-state index is 5.64. The van der Waals surface area contributed by atoms with E-state index in [2.05, 4.69) is 31.4 Å². The smallest absolute Gasteiger partial charge is 0.108 e. The second kappa shape index (κ2) is 4.82. The van der Waals surface area contributed by atoms with Crippen LogP contribution in [0.3, 0.4) is 0 Å². The molecule has 0 aliphatic rings. The van der Waals surface area contributed by atoms with Crippen LogP contribution in [0.2, 0.25) is 0 Å². The zero-order valence-electron chi connectivity index (χ0n) is 9.49. The van der Waals surface area contributed by atoms with Crippen molar-refractivity contribution in [3.05, 3.63) is 45.5 Å². The molecule has 3 nitrogen and oxygen atoms in total. The lowest BCUT2D eigenvalue weighted by atomic mass is 10.1. The van der Waals surface area contributed by atoms with Gasteiger partial charge in [0.05, 0.1) is 12.3 Å². The lowest BCUT2D eigenvalue weighted by Crippen LogP contribution is -2.28. The van der Waals surface area contributed by atoms with Gasteiger partial charge in [-0.1, -0.05) is 6.92 Å². The molecule has 1 unspecified atom stereocenters. The van der Waals surface area contributed by atoms with Gasteiger partial charge >= 0.3 is 0 Å². The molecular weight excluding hydrogens is 220 g/mol. The zero-order valence-corrected chi connectivity index (χ0v) is 10.3. The molecule has 2 rings (SSSR count). The lowest BCUT2D eigenvalue weighted by molar-refractivity contribution is 0.503. The summed E-state index contributed by atoms with van der Waals surface area (Å²) >= 11 is 1.75. The molecule has 86 valence electrons. The molecule has 0 saturated carbocycles. The number of rotatable bonds is 4. The Morgan fingerprint density at radius 1 is 1.44 bits per heavy atom. The highest BCUT2D eigenvalue weighted by atomic mass is 32.1. The number of aryl methyl sites for hydroxylation is 2. The molecule has 1 atom stereocenters. The summed E-state index contributed by atoms with van der Waals surface area (Å²) in [6.45, 7) is 4.17. The van der Waals surface area contributed by atoms with Gasteiger partial charge in [0.2, 0.25) is 0 Å². The molecule has 0 amide bonds. The number of hydrogen-bond donors (Lipinski definition) is 2. The van der Waals surface area contributed by atoms with Crippen LogP contribution in [0.15, 0.2) is 28.9 Å². The Labute approximate surface area is 99.2 Å². The lowest BCUT2D eigenvalue weighted by Gasteiger charge is -2.13. The van der Waals surface area contributed by atoms with Gasteiger partial charge in [-0.3, -0.25) is 5.84 Å². The van der Waals surface area contributed by atoms with E-state index in [1.54, 1.807) is 17.6 Å². The molecule has 16 heavy (non-hydrogen) atoms. The van der Waals surface area contributed by atoms with Gasteiger partial charge in [-0.25, -0.2) is 5.43 Å². The highest BCUT2D eigenvalue weighted by Crippen LogP contribution is 2.30. The second-order valence-corrected chi connectivity index (χ2v) is 5.02. The van der Waals surface area contributed by atoms with Gasteiger partial charge in [-0.05, 0) is 25.1 Å². The molecule has 0 saturated heterocycles. The number of hydrogen-bond acceptors (Lipinski definition) is 4. The first-order chi connectivity index (χ1) is 7.76. The van der Waals surface area contributed by atoms with Crippen molar-refractivity contribution in [2.45, 2.75) is 26.3 Å². The molecule has 2 heterocycles. The summed E-state index contributed by atoms with van der Waals surface area (Å²) in [5, 5.41) is 0. The van der Waals surface area contributed by atoms with Gasteiger partial charge in [-0.15, -0.1) is 11.3 Å². The van der Waals surface area contributed by atoms with E-state index in [1.807, 2.05) is 6.07 Å². The summed E-state index contributed by atoms with van der Waals surface area (Å²) in [7, 11) is 0. The molecule has 0 fully saturated rings. The molecular formula is C12H16N2OS. The maximum Gasteiger partial charge on any atom is 0.108 e. The van der Waals surface area contributed by atoms with Crippen LogP contribution in [0.4, 0.5) is 0 Å². The van der Waals surface area contributed by atoms with Gasteiger partial charge in [0.25, 0.3) is 0 Å². The number of nitrogens with one attached hydrogen (secondary N) is 1. The Morgan fingerprint density at radius 2 is 2.25 bits per heavy atom. The van der Waals surface area contributed by atoms with Crippen LogP contribution in [0, 0.1) is 6.92 Å². The van der Waals surface area contributed by atoms with E-state index in [4.69, 9.17) is 10.3 Å². The van der Waals surface area contributed by atoms with E-state index >= 15 is 0 Å². The topological polar surface area (TPSA) is 51.2 Å². The largest absolute Gasteiger partial charge is 0.469 e. The monoisotopic (exact) mass is 236 g/mol. The van der Waals surface area contributed by atoms with E-state index in [-0.39, 0.29) is 6.04 Å². The van der Waals surface area contributed by atoms with E-state index < -0.39 is 0 Å². The van der Waals surface area contributed by atoms with Gasteiger partial charge in [0.15, 0.2) is 0 Å². The van der Waals surface area contributed by atoms with Crippen molar-refractivity contribution < 1.29 is 4.42 Å². The second-order valence-electron chi connectivity index (χ2n) is 3.70.